The number of hydrogen-bond donors (Lipinski definition) is 0. The molecule has 0 heterocycles. The van der Waals surface area contributed by atoms with E-state index >= 15 is 0 Å². The first-order chi connectivity index (χ1) is 25.9. The highest BCUT2D eigenvalue weighted by atomic mass is 35.5. The maximum absolute atomic E-state index is 7.21. The Balaban J connectivity index is 2.29. The fourth-order valence-electron chi connectivity index (χ4n) is 5.12. The molecule has 0 atom stereocenters. The average Bonchev–Trinajstić information content (AvgIpc) is 3.16. The molecule has 0 N–H and O–H groups in total. The molecule has 24 heteroatoms. The van der Waals surface area contributed by atoms with Gasteiger partial charge in [-0.15, -0.1) is 0 Å². The van der Waals surface area contributed by atoms with Crippen LogP contribution in [0.25, 0.3) is 11.1 Å². The third kappa shape index (κ3) is 8.21. The Morgan fingerprint density at radius 3 is 0.375 bits per heavy atom. The molecule has 0 aromatic heterocycles. The molecule has 0 bridgehead atoms. The predicted molar refractivity (Wildman–Crippen MR) is 255 cm³/mol. The molecule has 0 amide bonds. The molecule has 5 aromatic rings. The van der Waals surface area contributed by atoms with E-state index in [9.17, 15) is 0 Å². The maximum atomic E-state index is 7.21. The number of halogens is 24. The van der Waals surface area contributed by atoms with Gasteiger partial charge in [-0.2, -0.15) is 0 Å². The lowest BCUT2D eigenvalue weighted by atomic mass is 9.92. The van der Waals surface area contributed by atoms with Gasteiger partial charge in [0, 0.05) is 43.8 Å². The monoisotopic (exact) mass is 1220 g/mol. The summed E-state index contributed by atoms with van der Waals surface area (Å²) in [6.07, 6.45) is 0. The third-order valence-corrected chi connectivity index (χ3v) is 18.4. The molecular formula is C32Cl24. The highest BCUT2D eigenvalue weighted by Crippen LogP contribution is 2.55. The van der Waals surface area contributed by atoms with Crippen LogP contribution in [0, 0.1) is 0 Å². The zero-order chi connectivity index (χ0) is 42.5. The highest BCUT2D eigenvalue weighted by molar-refractivity contribution is 6.61. The largest absolute Gasteiger partial charge is 0.0819 e. The van der Waals surface area contributed by atoms with Gasteiger partial charge in [0.05, 0.1) is 121 Å². The van der Waals surface area contributed by atoms with Crippen molar-refractivity contribution in [3.8, 4) is 0 Å². The predicted octanol–water partition coefficient (Wildman–Crippen LogP) is 21.9. The summed E-state index contributed by atoms with van der Waals surface area (Å²) in [6.45, 7) is 0. The van der Waals surface area contributed by atoms with E-state index in [1.54, 1.807) is 0 Å². The Morgan fingerprint density at radius 2 is 0.250 bits per heavy atom. The minimum atomic E-state index is -0.427. The summed E-state index contributed by atoms with van der Waals surface area (Å²) in [5.41, 5.74) is -1.28. The lowest BCUT2D eigenvalue weighted by Gasteiger charge is -2.23. The molecule has 5 rings (SSSR count). The van der Waals surface area contributed by atoms with Gasteiger partial charge in [-0.25, -0.2) is 0 Å². The van der Waals surface area contributed by atoms with Crippen LogP contribution in [0.3, 0.4) is 0 Å². The van der Waals surface area contributed by atoms with Gasteiger partial charge >= 0.3 is 0 Å². The van der Waals surface area contributed by atoms with Crippen molar-refractivity contribution in [2.45, 2.75) is 0 Å². The molecule has 56 heavy (non-hydrogen) atoms. The van der Waals surface area contributed by atoms with Crippen LogP contribution in [0.1, 0.15) is 22.3 Å². The van der Waals surface area contributed by atoms with E-state index in [1.165, 1.54) is 0 Å². The number of rotatable bonds is 4. The zero-order valence-corrected chi connectivity index (χ0v) is 43.2. The van der Waals surface area contributed by atoms with E-state index in [0.717, 1.165) is 0 Å². The Labute approximate surface area is 436 Å². The Kier molecular flexibility index (Phi) is 17.0. The van der Waals surface area contributed by atoms with Crippen molar-refractivity contribution >= 4 is 290 Å². The van der Waals surface area contributed by atoms with Crippen LogP contribution in [0.2, 0.25) is 121 Å². The van der Waals surface area contributed by atoms with Crippen LogP contribution in [0.4, 0.5) is 0 Å². The molecule has 0 radical (unpaired) electrons. The van der Waals surface area contributed by atoms with E-state index < -0.39 is 20.1 Å². The van der Waals surface area contributed by atoms with Gasteiger partial charge in [-0.1, -0.05) is 278 Å². The molecule has 5 aromatic carbocycles. The summed E-state index contributed by atoms with van der Waals surface area (Å²) in [6, 6.07) is 0. The van der Waals surface area contributed by atoms with Crippen LogP contribution in [0.5, 0.6) is 0 Å². The smallest absolute Gasteiger partial charge is 0.0809 e. The van der Waals surface area contributed by atoms with E-state index in [1.807, 2.05) is 0 Å². The molecule has 0 spiro atoms. The summed E-state index contributed by atoms with van der Waals surface area (Å²) in [7, 11) is 0. The second-order valence-electron chi connectivity index (χ2n) is 10.5. The lowest BCUT2D eigenvalue weighted by Crippen LogP contribution is -2.23. The minimum absolute atomic E-state index is 0.205. The van der Waals surface area contributed by atoms with Gasteiger partial charge in [-0.3, -0.25) is 0 Å². The first kappa shape index (κ1) is 49.8. The molecule has 0 aliphatic carbocycles. The van der Waals surface area contributed by atoms with Gasteiger partial charge in [0.25, 0.3) is 0 Å². The molecule has 0 saturated carbocycles. The molecule has 0 nitrogen and oxygen atoms in total. The van der Waals surface area contributed by atoms with E-state index in [0.29, 0.717) is 0 Å². The molecule has 296 valence electrons. The Bertz CT molecular complexity index is 2250. The summed E-state index contributed by atoms with van der Waals surface area (Å²) >= 11 is 161. The molecule has 0 fully saturated rings. The van der Waals surface area contributed by atoms with E-state index in [4.69, 9.17) is 278 Å². The quantitative estimate of drug-likeness (QED) is 0.124. The fraction of sp³-hybridized carbons (Fsp3) is 0. The first-order valence-electron chi connectivity index (χ1n) is 13.5. The first-order valence-corrected chi connectivity index (χ1v) is 22.6. The van der Waals surface area contributed by atoms with Gasteiger partial charge < -0.3 is 0 Å². The van der Waals surface area contributed by atoms with Crippen molar-refractivity contribution < 1.29 is 0 Å². The Morgan fingerprint density at radius 1 is 0.143 bits per heavy atom. The van der Waals surface area contributed by atoms with Gasteiger partial charge in [0.1, 0.15) is 0 Å². The minimum Gasteiger partial charge on any atom is -0.0819 e. The van der Waals surface area contributed by atoms with Crippen molar-refractivity contribution in [3.05, 3.63) is 153 Å². The van der Waals surface area contributed by atoms with Gasteiger partial charge in [0.2, 0.25) is 0 Å². The second kappa shape index (κ2) is 19.1. The standard InChI is InChI=1S/C32Cl24/c33-9-3(1(5-13(37)21(45)29(53)22(46)14(5)38)6-15(39)23(47)30(54)24(48)16(6)40)10(34)12(36)4(11(9)35)2(7-17(41)25(49)31(55)26(50)18(7)42)8-19(43)27(51)32(56)28(52)20(8)44. The number of hydrogen-bond acceptors (Lipinski definition) is 0. The van der Waals surface area contributed by atoms with Gasteiger partial charge in [0.15, 0.2) is 0 Å². The van der Waals surface area contributed by atoms with E-state index in [-0.39, 0.29) is 144 Å². The van der Waals surface area contributed by atoms with Crippen LogP contribution in [-0.2, 0) is 0 Å². The highest BCUT2D eigenvalue weighted by Gasteiger charge is 2.34. The fourth-order valence-corrected chi connectivity index (χ4v) is 11.7. The molecule has 0 aliphatic rings. The van der Waals surface area contributed by atoms with Crippen LogP contribution in [-0.4, -0.2) is 0 Å². The third-order valence-electron chi connectivity index (χ3n) is 7.60. The zero-order valence-electron chi connectivity index (χ0n) is 25.1. The molecule has 0 aliphatic heterocycles. The van der Waals surface area contributed by atoms with Crippen molar-refractivity contribution in [3.63, 3.8) is 0 Å². The lowest BCUT2D eigenvalue weighted by molar-refractivity contribution is 1.43. The van der Waals surface area contributed by atoms with Crippen LogP contribution in [0.15, 0.2) is 0 Å². The van der Waals surface area contributed by atoms with Crippen molar-refractivity contribution in [2.24, 2.45) is 0 Å². The second-order valence-corrected chi connectivity index (χ2v) is 19.6. The number of benzene rings is 5. The molecular weight excluding hydrogens is 1240 g/mol. The Hall–Kier alpha value is 2.80. The summed E-state index contributed by atoms with van der Waals surface area (Å²) in [5.74, 6) is 0. The van der Waals surface area contributed by atoms with Gasteiger partial charge in [-0.05, 0) is 0 Å². The summed E-state index contributed by atoms with van der Waals surface area (Å²) in [4.78, 5) is 0. The maximum Gasteiger partial charge on any atom is 0.0809 e. The normalized spacial score (nSPS) is 11.6. The summed E-state index contributed by atoms with van der Waals surface area (Å²) in [5, 5.41) is -7.75. The van der Waals surface area contributed by atoms with Crippen molar-refractivity contribution in [1.82, 2.24) is 0 Å². The topological polar surface area (TPSA) is 0 Å². The molecule has 0 saturated heterocycles. The van der Waals surface area contributed by atoms with Crippen molar-refractivity contribution in [2.75, 3.05) is 0 Å². The van der Waals surface area contributed by atoms with Crippen LogP contribution >= 0.6 is 278 Å². The van der Waals surface area contributed by atoms with Crippen molar-refractivity contribution in [1.29, 1.82) is 0 Å². The summed E-state index contributed by atoms with van der Waals surface area (Å²) < 4.78 is 0. The SMILES string of the molecule is Clc1c(Cl)c(Cl)c(C(c2c(Cl)c(Cl)c(Cl)c(Cl)c2Cl)=c2c(Cl)c(Cl)c(=C(c3c(Cl)c(Cl)c(Cl)c(Cl)c3Cl)c3c(Cl)c(Cl)c(Cl)c(Cl)c3Cl)c(Cl)c2Cl)c(Cl)c1Cl. The molecule has 0 unspecified atom stereocenters. The van der Waals surface area contributed by atoms with E-state index in [2.05, 4.69) is 0 Å². The average molecular weight is 1240 g/mol. The van der Waals surface area contributed by atoms with Crippen LogP contribution < -0.4 is 10.4 Å².